The van der Waals surface area contributed by atoms with Gasteiger partial charge in [0.25, 0.3) is 5.91 Å². The number of carbonyl (C=O) groups excluding carboxylic acids is 1. The molecule has 0 spiro atoms. The molecule has 0 aliphatic carbocycles. The summed E-state index contributed by atoms with van der Waals surface area (Å²) >= 11 is 11.6. The van der Waals surface area contributed by atoms with E-state index in [2.05, 4.69) is 10.3 Å². The minimum Gasteiger partial charge on any atom is -0.437 e. The average molecular weight is 377 g/mol. The quantitative estimate of drug-likeness (QED) is 0.605. The standard InChI is InChI=1S/C18H11Cl2FN2O2/c19-13-10-14(20)15(21)9-12(13)17(24)23-16-7-4-8-22-18(16)25-11-5-2-1-3-6-11/h1-10H,(H,23,24). The highest BCUT2D eigenvalue weighted by Gasteiger charge is 2.16. The first-order valence-electron chi connectivity index (χ1n) is 7.18. The fourth-order valence-corrected chi connectivity index (χ4v) is 2.52. The molecule has 0 saturated heterocycles. The van der Waals surface area contributed by atoms with Crippen LogP contribution in [0.5, 0.6) is 11.6 Å². The first-order chi connectivity index (χ1) is 12.0. The number of nitrogens with zero attached hydrogens (tertiary/aromatic N) is 1. The lowest BCUT2D eigenvalue weighted by atomic mass is 10.2. The summed E-state index contributed by atoms with van der Waals surface area (Å²) in [5.74, 6) is -0.575. The van der Waals surface area contributed by atoms with Crippen LogP contribution in [-0.2, 0) is 0 Å². The lowest BCUT2D eigenvalue weighted by molar-refractivity contribution is 0.102. The van der Waals surface area contributed by atoms with Crippen LogP contribution in [0.4, 0.5) is 10.1 Å². The normalized spacial score (nSPS) is 10.4. The Morgan fingerprint density at radius 1 is 1.04 bits per heavy atom. The van der Waals surface area contributed by atoms with Crippen LogP contribution in [0.15, 0.2) is 60.8 Å². The Bertz CT molecular complexity index is 920. The molecule has 1 N–H and O–H groups in total. The second-order valence-electron chi connectivity index (χ2n) is 4.97. The zero-order valence-electron chi connectivity index (χ0n) is 12.7. The highest BCUT2D eigenvalue weighted by atomic mass is 35.5. The molecule has 0 unspecified atom stereocenters. The van der Waals surface area contributed by atoms with Gasteiger partial charge in [-0.05, 0) is 36.4 Å². The largest absolute Gasteiger partial charge is 0.437 e. The van der Waals surface area contributed by atoms with Crippen LogP contribution in [0.25, 0.3) is 0 Å². The van der Waals surface area contributed by atoms with Crippen LogP contribution in [0.1, 0.15) is 10.4 Å². The van der Waals surface area contributed by atoms with E-state index in [-0.39, 0.29) is 21.5 Å². The lowest BCUT2D eigenvalue weighted by Gasteiger charge is -2.12. The molecule has 3 aromatic rings. The monoisotopic (exact) mass is 376 g/mol. The van der Waals surface area contributed by atoms with Gasteiger partial charge in [0, 0.05) is 6.20 Å². The zero-order valence-corrected chi connectivity index (χ0v) is 14.2. The Morgan fingerprint density at radius 3 is 2.56 bits per heavy atom. The number of hydrogen-bond acceptors (Lipinski definition) is 3. The molecule has 25 heavy (non-hydrogen) atoms. The summed E-state index contributed by atoms with van der Waals surface area (Å²) in [5.41, 5.74) is 0.279. The summed E-state index contributed by atoms with van der Waals surface area (Å²) in [6.45, 7) is 0. The number of amides is 1. The van der Waals surface area contributed by atoms with E-state index in [9.17, 15) is 9.18 Å². The van der Waals surface area contributed by atoms with E-state index in [4.69, 9.17) is 27.9 Å². The molecule has 0 atom stereocenters. The average Bonchev–Trinajstić information content (AvgIpc) is 2.60. The highest BCUT2D eigenvalue weighted by molar-refractivity contribution is 6.37. The van der Waals surface area contributed by atoms with Gasteiger partial charge in [0.05, 0.1) is 15.6 Å². The van der Waals surface area contributed by atoms with Crippen molar-refractivity contribution in [3.63, 3.8) is 0 Å². The molecule has 0 bridgehead atoms. The summed E-state index contributed by atoms with van der Waals surface area (Å²) in [5, 5.41) is 2.50. The van der Waals surface area contributed by atoms with Crippen molar-refractivity contribution >= 4 is 34.8 Å². The van der Waals surface area contributed by atoms with Crippen LogP contribution in [0.2, 0.25) is 10.0 Å². The molecule has 1 heterocycles. The molecule has 1 amide bonds. The van der Waals surface area contributed by atoms with Crippen LogP contribution in [0, 0.1) is 5.82 Å². The Kier molecular flexibility index (Phi) is 5.16. The van der Waals surface area contributed by atoms with Crippen molar-refractivity contribution in [2.75, 3.05) is 5.32 Å². The summed E-state index contributed by atoms with van der Waals surface area (Å²) < 4.78 is 19.3. The van der Waals surface area contributed by atoms with E-state index in [1.54, 1.807) is 24.3 Å². The minimum absolute atomic E-state index is 0.0401. The van der Waals surface area contributed by atoms with E-state index >= 15 is 0 Å². The summed E-state index contributed by atoms with van der Waals surface area (Å²) in [4.78, 5) is 16.5. The maximum atomic E-state index is 13.6. The van der Waals surface area contributed by atoms with Gasteiger partial charge < -0.3 is 10.1 Å². The number of nitrogens with one attached hydrogen (secondary N) is 1. The number of rotatable bonds is 4. The topological polar surface area (TPSA) is 51.2 Å². The van der Waals surface area contributed by atoms with Gasteiger partial charge in [0.2, 0.25) is 5.88 Å². The van der Waals surface area contributed by atoms with E-state index in [0.29, 0.717) is 11.4 Å². The minimum atomic E-state index is -0.733. The number of halogens is 3. The molecule has 2 aromatic carbocycles. The molecule has 0 radical (unpaired) electrons. The van der Waals surface area contributed by atoms with Crippen molar-refractivity contribution in [2.45, 2.75) is 0 Å². The molecule has 1 aromatic heterocycles. The molecular weight excluding hydrogens is 366 g/mol. The number of ether oxygens (including phenoxy) is 1. The van der Waals surface area contributed by atoms with Gasteiger partial charge in [0.15, 0.2) is 0 Å². The Hall–Kier alpha value is -2.63. The summed E-state index contributed by atoms with van der Waals surface area (Å²) in [7, 11) is 0. The van der Waals surface area contributed by atoms with Crippen LogP contribution in [0.3, 0.4) is 0 Å². The van der Waals surface area contributed by atoms with Crippen molar-refractivity contribution in [3.8, 4) is 11.6 Å². The smallest absolute Gasteiger partial charge is 0.257 e. The third-order valence-corrected chi connectivity index (χ3v) is 3.83. The number of hydrogen-bond donors (Lipinski definition) is 1. The van der Waals surface area contributed by atoms with E-state index in [1.807, 2.05) is 18.2 Å². The molecule has 0 saturated carbocycles. The van der Waals surface area contributed by atoms with Crippen LogP contribution >= 0.6 is 23.2 Å². The Labute approximate surface area is 153 Å². The van der Waals surface area contributed by atoms with Crippen molar-refractivity contribution in [1.82, 2.24) is 4.98 Å². The van der Waals surface area contributed by atoms with Gasteiger partial charge in [-0.1, -0.05) is 41.4 Å². The predicted octanol–water partition coefficient (Wildman–Crippen LogP) is 5.57. The van der Waals surface area contributed by atoms with Gasteiger partial charge in [-0.15, -0.1) is 0 Å². The zero-order chi connectivity index (χ0) is 17.8. The van der Waals surface area contributed by atoms with Gasteiger partial charge in [-0.3, -0.25) is 4.79 Å². The highest BCUT2D eigenvalue weighted by Crippen LogP contribution is 2.29. The van der Waals surface area contributed by atoms with Gasteiger partial charge in [0.1, 0.15) is 17.3 Å². The predicted molar refractivity (Wildman–Crippen MR) is 95.1 cm³/mol. The number of anilines is 1. The number of para-hydroxylation sites is 1. The molecule has 7 heteroatoms. The van der Waals surface area contributed by atoms with Crippen molar-refractivity contribution in [2.24, 2.45) is 0 Å². The molecule has 4 nitrogen and oxygen atoms in total. The van der Waals surface area contributed by atoms with Crippen LogP contribution < -0.4 is 10.1 Å². The molecule has 0 fully saturated rings. The number of aromatic nitrogens is 1. The van der Waals surface area contributed by atoms with Gasteiger partial charge in [-0.2, -0.15) is 0 Å². The number of carbonyl (C=O) groups is 1. The third kappa shape index (κ3) is 4.07. The summed E-state index contributed by atoms with van der Waals surface area (Å²) in [6, 6.07) is 14.4. The first-order valence-corrected chi connectivity index (χ1v) is 7.94. The maximum absolute atomic E-state index is 13.6. The van der Waals surface area contributed by atoms with Gasteiger partial charge in [-0.25, -0.2) is 9.37 Å². The first kappa shape index (κ1) is 17.2. The van der Waals surface area contributed by atoms with E-state index < -0.39 is 11.7 Å². The van der Waals surface area contributed by atoms with Gasteiger partial charge >= 0.3 is 0 Å². The SMILES string of the molecule is O=C(Nc1cccnc1Oc1ccccc1)c1cc(F)c(Cl)cc1Cl. The summed E-state index contributed by atoms with van der Waals surface area (Å²) in [6.07, 6.45) is 1.53. The lowest BCUT2D eigenvalue weighted by Crippen LogP contribution is -2.14. The van der Waals surface area contributed by atoms with Crippen molar-refractivity contribution in [1.29, 1.82) is 0 Å². The second kappa shape index (κ2) is 7.51. The molecule has 0 aliphatic rings. The third-order valence-electron chi connectivity index (χ3n) is 3.23. The maximum Gasteiger partial charge on any atom is 0.257 e. The van der Waals surface area contributed by atoms with Crippen molar-refractivity contribution in [3.05, 3.63) is 82.2 Å². The Balaban J connectivity index is 1.86. The fourth-order valence-electron chi connectivity index (χ4n) is 2.05. The Morgan fingerprint density at radius 2 is 1.80 bits per heavy atom. The molecular formula is C18H11Cl2FN2O2. The van der Waals surface area contributed by atoms with E-state index in [1.165, 1.54) is 12.3 Å². The van der Waals surface area contributed by atoms with E-state index in [0.717, 1.165) is 6.07 Å². The molecule has 126 valence electrons. The second-order valence-corrected chi connectivity index (χ2v) is 5.79. The van der Waals surface area contributed by atoms with Crippen molar-refractivity contribution < 1.29 is 13.9 Å². The number of pyridine rings is 1. The molecule has 0 aliphatic heterocycles. The molecule has 3 rings (SSSR count). The van der Waals surface area contributed by atoms with Crippen LogP contribution in [-0.4, -0.2) is 10.9 Å². The number of benzene rings is 2. The fraction of sp³-hybridized carbons (Fsp3) is 0.